The third-order valence-corrected chi connectivity index (χ3v) is 1.89. The first-order valence-corrected chi connectivity index (χ1v) is 6.20. The summed E-state index contributed by atoms with van der Waals surface area (Å²) in [7, 11) is 0. The molecule has 0 fully saturated rings. The third-order valence-electron chi connectivity index (χ3n) is 1.89. The lowest BCUT2D eigenvalue weighted by Gasteiger charge is -2.11. The highest BCUT2D eigenvalue weighted by atomic mass is 16.5. The van der Waals surface area contributed by atoms with Crippen molar-refractivity contribution >= 4 is 12.0 Å². The van der Waals surface area contributed by atoms with Gasteiger partial charge in [-0.2, -0.15) is 0 Å². The largest absolute Gasteiger partial charge is 0.479 e. The molecule has 0 rings (SSSR count). The molecule has 0 bridgehead atoms. The van der Waals surface area contributed by atoms with E-state index in [4.69, 9.17) is 9.47 Å². The number of carbonyl (C=O) groups is 2. The Bertz CT molecular complexity index is 290. The molecule has 0 aromatic carbocycles. The van der Waals surface area contributed by atoms with Crippen LogP contribution in [0.5, 0.6) is 0 Å². The van der Waals surface area contributed by atoms with E-state index in [1.165, 1.54) is 0 Å². The summed E-state index contributed by atoms with van der Waals surface area (Å²) in [5.41, 5.74) is 0. The summed E-state index contributed by atoms with van der Waals surface area (Å²) in [6, 6.07) is -0.396. The van der Waals surface area contributed by atoms with Crippen LogP contribution in [0.2, 0.25) is 0 Å². The minimum atomic E-state index is -0.546. The van der Waals surface area contributed by atoms with E-state index in [0.29, 0.717) is 13.2 Å². The number of hydrogen-bond acceptors (Lipinski definition) is 4. The molecule has 6 nitrogen and oxygen atoms in total. The van der Waals surface area contributed by atoms with Crippen LogP contribution in [0.4, 0.5) is 4.79 Å². The van der Waals surface area contributed by atoms with Gasteiger partial charge in [-0.15, -0.1) is 0 Å². The molecule has 0 aromatic heterocycles. The molecule has 0 atom stereocenters. The van der Waals surface area contributed by atoms with Crippen molar-refractivity contribution in [3.63, 3.8) is 0 Å². The van der Waals surface area contributed by atoms with Crippen molar-refractivity contribution in [2.45, 2.75) is 33.6 Å². The van der Waals surface area contributed by atoms with Crippen molar-refractivity contribution in [2.75, 3.05) is 19.8 Å². The summed E-state index contributed by atoms with van der Waals surface area (Å²) in [5.74, 6) is -0.459. The number of rotatable bonds is 8. The zero-order valence-electron chi connectivity index (χ0n) is 11.2. The molecule has 0 aromatic rings. The fourth-order valence-corrected chi connectivity index (χ4v) is 1.10. The van der Waals surface area contributed by atoms with Crippen molar-refractivity contribution in [2.24, 2.45) is 0 Å². The molecule has 0 aliphatic rings. The average Bonchev–Trinajstić information content (AvgIpc) is 2.29. The Morgan fingerprint density at radius 3 is 2.33 bits per heavy atom. The maximum Gasteiger partial charge on any atom is 0.336 e. The highest BCUT2D eigenvalue weighted by Gasteiger charge is 2.07. The molecular formula is C12H22N2O4. The molecule has 0 saturated carbocycles. The Morgan fingerprint density at radius 2 is 1.78 bits per heavy atom. The molecule has 0 unspecified atom stereocenters. The third kappa shape index (κ3) is 8.43. The van der Waals surface area contributed by atoms with E-state index in [1.54, 1.807) is 13.8 Å². The van der Waals surface area contributed by atoms with E-state index in [1.807, 2.05) is 6.92 Å². The van der Waals surface area contributed by atoms with Crippen molar-refractivity contribution in [1.29, 1.82) is 0 Å². The van der Waals surface area contributed by atoms with E-state index in [-0.39, 0.29) is 12.5 Å². The second-order valence-electron chi connectivity index (χ2n) is 3.43. The summed E-state index contributed by atoms with van der Waals surface area (Å²) in [4.78, 5) is 22.7. The summed E-state index contributed by atoms with van der Waals surface area (Å²) in [5, 5.41) is 5.11. The van der Waals surface area contributed by atoms with Crippen LogP contribution in [0, 0.1) is 0 Å². The molecule has 18 heavy (non-hydrogen) atoms. The summed E-state index contributed by atoms with van der Waals surface area (Å²) in [6.45, 7) is 6.71. The van der Waals surface area contributed by atoms with Gasteiger partial charge in [0.15, 0.2) is 0 Å². The second kappa shape index (κ2) is 10.4. The number of nitrogens with one attached hydrogen (secondary N) is 2. The topological polar surface area (TPSA) is 76.7 Å². The van der Waals surface area contributed by atoms with Crippen LogP contribution in [0.15, 0.2) is 12.0 Å². The van der Waals surface area contributed by atoms with Gasteiger partial charge < -0.3 is 14.8 Å². The fraction of sp³-hybridized carbons (Fsp3) is 0.667. The highest BCUT2D eigenvalue weighted by Crippen LogP contribution is 1.94. The fourth-order valence-electron chi connectivity index (χ4n) is 1.10. The van der Waals surface area contributed by atoms with Gasteiger partial charge in [0, 0.05) is 6.54 Å². The van der Waals surface area contributed by atoms with E-state index >= 15 is 0 Å². The molecule has 0 heterocycles. The SMILES string of the molecule is CCCCNC(=O)NC(=CC(=O)OCC)OCC. The summed E-state index contributed by atoms with van der Waals surface area (Å²) in [6.07, 6.45) is 3.02. The Hall–Kier alpha value is -1.72. The zero-order chi connectivity index (χ0) is 13.8. The molecule has 2 N–H and O–H groups in total. The predicted octanol–water partition coefficient (Wildman–Crippen LogP) is 1.53. The van der Waals surface area contributed by atoms with Crippen LogP contribution in [0.3, 0.4) is 0 Å². The lowest BCUT2D eigenvalue weighted by atomic mass is 10.3. The first kappa shape index (κ1) is 16.3. The van der Waals surface area contributed by atoms with Gasteiger partial charge in [0.05, 0.1) is 19.3 Å². The average molecular weight is 258 g/mol. The predicted molar refractivity (Wildman–Crippen MR) is 67.8 cm³/mol. The van der Waals surface area contributed by atoms with Crippen molar-refractivity contribution in [1.82, 2.24) is 10.6 Å². The van der Waals surface area contributed by atoms with Crippen LogP contribution < -0.4 is 10.6 Å². The van der Waals surface area contributed by atoms with E-state index in [0.717, 1.165) is 18.9 Å². The lowest BCUT2D eigenvalue weighted by Crippen LogP contribution is -2.36. The Kier molecular flexibility index (Phi) is 9.44. The molecule has 0 radical (unpaired) electrons. The second-order valence-corrected chi connectivity index (χ2v) is 3.43. The van der Waals surface area contributed by atoms with Crippen molar-refractivity contribution in [3.8, 4) is 0 Å². The maximum absolute atomic E-state index is 11.4. The van der Waals surface area contributed by atoms with Crippen LogP contribution in [-0.2, 0) is 14.3 Å². The quantitative estimate of drug-likeness (QED) is 0.299. The number of unbranched alkanes of at least 4 members (excludes halogenated alkanes) is 1. The van der Waals surface area contributed by atoms with Gasteiger partial charge in [0.1, 0.15) is 0 Å². The molecule has 2 amide bonds. The minimum absolute atomic E-state index is 0.0879. The molecule has 0 spiro atoms. The van der Waals surface area contributed by atoms with Crippen LogP contribution in [0.1, 0.15) is 33.6 Å². The van der Waals surface area contributed by atoms with Gasteiger partial charge in [-0.25, -0.2) is 9.59 Å². The number of amides is 2. The standard InChI is InChI=1S/C12H22N2O4/c1-4-7-8-13-12(16)14-10(17-5-2)9-11(15)18-6-3/h9H,4-8H2,1-3H3,(H2,13,14,16). The van der Waals surface area contributed by atoms with Crippen LogP contribution in [-0.4, -0.2) is 31.8 Å². The Labute approximate surface area is 108 Å². The summed E-state index contributed by atoms with van der Waals surface area (Å²) >= 11 is 0. The molecule has 104 valence electrons. The van der Waals surface area contributed by atoms with E-state index < -0.39 is 12.0 Å². The number of ether oxygens (including phenoxy) is 2. The van der Waals surface area contributed by atoms with Crippen LogP contribution in [0.25, 0.3) is 0 Å². The summed E-state index contributed by atoms with van der Waals surface area (Å²) < 4.78 is 9.86. The lowest BCUT2D eigenvalue weighted by molar-refractivity contribution is -0.137. The number of hydrogen-bond donors (Lipinski definition) is 2. The molecule has 0 saturated heterocycles. The van der Waals surface area contributed by atoms with Gasteiger partial charge in [-0.3, -0.25) is 5.32 Å². The first-order valence-electron chi connectivity index (χ1n) is 6.20. The van der Waals surface area contributed by atoms with Crippen molar-refractivity contribution in [3.05, 3.63) is 12.0 Å². The molecule has 0 aliphatic carbocycles. The minimum Gasteiger partial charge on any atom is -0.479 e. The van der Waals surface area contributed by atoms with Gasteiger partial charge in [0.25, 0.3) is 0 Å². The van der Waals surface area contributed by atoms with Crippen LogP contribution >= 0.6 is 0 Å². The van der Waals surface area contributed by atoms with Gasteiger partial charge >= 0.3 is 12.0 Å². The van der Waals surface area contributed by atoms with Gasteiger partial charge in [0.2, 0.25) is 5.88 Å². The number of urea groups is 1. The Balaban J connectivity index is 4.25. The molecular weight excluding hydrogens is 236 g/mol. The zero-order valence-corrected chi connectivity index (χ0v) is 11.2. The molecule has 0 aliphatic heterocycles. The van der Waals surface area contributed by atoms with Gasteiger partial charge in [-0.05, 0) is 20.3 Å². The van der Waals surface area contributed by atoms with Crippen molar-refractivity contribution < 1.29 is 19.1 Å². The highest BCUT2D eigenvalue weighted by molar-refractivity contribution is 5.84. The normalized spacial score (nSPS) is 10.7. The number of esters is 1. The smallest absolute Gasteiger partial charge is 0.336 e. The maximum atomic E-state index is 11.4. The Morgan fingerprint density at radius 1 is 1.11 bits per heavy atom. The van der Waals surface area contributed by atoms with E-state index in [9.17, 15) is 9.59 Å². The van der Waals surface area contributed by atoms with E-state index in [2.05, 4.69) is 10.6 Å². The monoisotopic (exact) mass is 258 g/mol. The molecule has 6 heteroatoms. The number of carbonyl (C=O) groups excluding carboxylic acids is 2. The van der Waals surface area contributed by atoms with Gasteiger partial charge in [-0.1, -0.05) is 13.3 Å². The first-order chi connectivity index (χ1) is 8.63.